The van der Waals surface area contributed by atoms with Gasteiger partial charge in [0.05, 0.1) is 10.2 Å². The van der Waals surface area contributed by atoms with Crippen molar-refractivity contribution in [2.75, 3.05) is 13.6 Å². The number of rotatable bonds is 4. The van der Waals surface area contributed by atoms with Crippen molar-refractivity contribution < 1.29 is 0 Å². The Kier molecular flexibility index (Phi) is 4.15. The van der Waals surface area contributed by atoms with Gasteiger partial charge in [0.1, 0.15) is 5.01 Å². The van der Waals surface area contributed by atoms with Crippen LogP contribution in [0.15, 0.2) is 46.9 Å². The summed E-state index contributed by atoms with van der Waals surface area (Å²) in [7, 11) is 1.98. The van der Waals surface area contributed by atoms with Gasteiger partial charge in [-0.25, -0.2) is 4.98 Å². The average molecular weight is 347 g/mol. The molecule has 0 atom stereocenters. The van der Waals surface area contributed by atoms with Crippen LogP contribution in [0.5, 0.6) is 0 Å². The molecule has 20 heavy (non-hydrogen) atoms. The molecular weight excluding hydrogens is 332 g/mol. The molecule has 0 fully saturated rings. The van der Waals surface area contributed by atoms with Crippen LogP contribution in [0.2, 0.25) is 0 Å². The minimum atomic E-state index is 0.980. The summed E-state index contributed by atoms with van der Waals surface area (Å²) in [6.45, 7) is 0.980. The Hall–Kier alpha value is -1.23. The second kappa shape index (κ2) is 6.04. The predicted octanol–water partition coefficient (Wildman–Crippen LogP) is 4.49. The highest BCUT2D eigenvalue weighted by Crippen LogP contribution is 2.33. The second-order valence-electron chi connectivity index (χ2n) is 4.64. The number of nitrogens with one attached hydrogen (secondary N) is 1. The van der Waals surface area contributed by atoms with Crippen molar-refractivity contribution in [3.63, 3.8) is 0 Å². The van der Waals surface area contributed by atoms with E-state index >= 15 is 0 Å². The van der Waals surface area contributed by atoms with Crippen molar-refractivity contribution >= 4 is 37.5 Å². The number of fused-ring (bicyclic) bond motifs is 1. The van der Waals surface area contributed by atoms with Crippen LogP contribution >= 0.6 is 27.3 Å². The molecule has 0 unspecified atom stereocenters. The van der Waals surface area contributed by atoms with Crippen LogP contribution in [0.4, 0.5) is 0 Å². The maximum absolute atomic E-state index is 4.77. The van der Waals surface area contributed by atoms with E-state index in [2.05, 4.69) is 57.6 Å². The smallest absolute Gasteiger partial charge is 0.124 e. The third kappa shape index (κ3) is 2.77. The summed E-state index contributed by atoms with van der Waals surface area (Å²) in [5.74, 6) is 0. The van der Waals surface area contributed by atoms with Gasteiger partial charge in [-0.1, -0.05) is 40.2 Å². The normalized spacial score (nSPS) is 11.1. The summed E-state index contributed by atoms with van der Waals surface area (Å²) in [4.78, 5) is 4.77. The zero-order valence-corrected chi connectivity index (χ0v) is 13.6. The number of thiazole rings is 1. The molecule has 1 aromatic heterocycles. The summed E-state index contributed by atoms with van der Waals surface area (Å²) in [5.41, 5.74) is 3.66. The van der Waals surface area contributed by atoms with Crippen LogP contribution in [-0.4, -0.2) is 18.6 Å². The summed E-state index contributed by atoms with van der Waals surface area (Å²) >= 11 is 5.27. The number of hydrogen-bond acceptors (Lipinski definition) is 3. The summed E-state index contributed by atoms with van der Waals surface area (Å²) in [6.07, 6.45) is 1.02. The highest BCUT2D eigenvalue weighted by Gasteiger charge is 2.10. The lowest BCUT2D eigenvalue weighted by Gasteiger charge is -2.06. The first-order chi connectivity index (χ1) is 9.78. The summed E-state index contributed by atoms with van der Waals surface area (Å²) in [5, 5.41) is 4.31. The fraction of sp³-hybridized carbons (Fsp3) is 0.188. The summed E-state index contributed by atoms with van der Waals surface area (Å²) in [6, 6.07) is 14.8. The van der Waals surface area contributed by atoms with Crippen molar-refractivity contribution in [1.29, 1.82) is 0 Å². The van der Waals surface area contributed by atoms with Crippen LogP contribution in [0.1, 0.15) is 5.56 Å². The standard InChI is InChI=1S/C16H15BrN2S/c1-18-9-8-11-4-2-3-5-13(11)16-19-14-7-6-12(17)10-15(14)20-16/h2-7,10,18H,8-9H2,1H3. The van der Waals surface area contributed by atoms with E-state index in [9.17, 15) is 0 Å². The SMILES string of the molecule is CNCCc1ccccc1-c1nc2ccc(Br)cc2s1. The van der Waals surface area contributed by atoms with Gasteiger partial charge >= 0.3 is 0 Å². The topological polar surface area (TPSA) is 24.9 Å². The first-order valence-electron chi connectivity index (χ1n) is 6.57. The number of likely N-dealkylation sites (N-methyl/N-ethyl adjacent to an activating group) is 1. The van der Waals surface area contributed by atoms with Crippen LogP contribution in [0, 0.1) is 0 Å². The summed E-state index contributed by atoms with van der Waals surface area (Å²) < 4.78 is 2.32. The zero-order chi connectivity index (χ0) is 13.9. The molecule has 0 bridgehead atoms. The fourth-order valence-electron chi connectivity index (χ4n) is 2.22. The highest BCUT2D eigenvalue weighted by molar-refractivity contribution is 9.10. The van der Waals surface area contributed by atoms with E-state index in [1.807, 2.05) is 13.1 Å². The van der Waals surface area contributed by atoms with Gasteiger partial charge in [-0.15, -0.1) is 11.3 Å². The molecule has 0 saturated heterocycles. The third-order valence-electron chi connectivity index (χ3n) is 3.24. The van der Waals surface area contributed by atoms with Crippen LogP contribution < -0.4 is 5.32 Å². The van der Waals surface area contributed by atoms with Crippen LogP contribution in [0.3, 0.4) is 0 Å². The number of hydrogen-bond donors (Lipinski definition) is 1. The molecule has 0 aliphatic heterocycles. The lowest BCUT2D eigenvalue weighted by atomic mass is 10.1. The van der Waals surface area contributed by atoms with Crippen molar-refractivity contribution in [2.45, 2.75) is 6.42 Å². The number of benzene rings is 2. The molecule has 0 radical (unpaired) electrons. The Bertz CT molecular complexity index is 736. The second-order valence-corrected chi connectivity index (χ2v) is 6.59. The highest BCUT2D eigenvalue weighted by atomic mass is 79.9. The zero-order valence-electron chi connectivity index (χ0n) is 11.2. The largest absolute Gasteiger partial charge is 0.319 e. The molecule has 0 saturated carbocycles. The molecule has 3 aromatic rings. The lowest BCUT2D eigenvalue weighted by Crippen LogP contribution is -2.10. The maximum atomic E-state index is 4.77. The molecule has 3 rings (SSSR count). The van der Waals surface area contributed by atoms with Gasteiger partial charge in [-0.2, -0.15) is 0 Å². The van der Waals surface area contributed by atoms with Crippen molar-refractivity contribution in [3.8, 4) is 10.6 Å². The van der Waals surface area contributed by atoms with Crippen LogP contribution in [-0.2, 0) is 6.42 Å². The van der Waals surface area contributed by atoms with Gasteiger partial charge in [-0.3, -0.25) is 0 Å². The van der Waals surface area contributed by atoms with E-state index in [1.54, 1.807) is 11.3 Å². The van der Waals surface area contributed by atoms with Gasteiger partial charge in [0, 0.05) is 10.0 Å². The fourth-order valence-corrected chi connectivity index (χ4v) is 3.80. The molecule has 1 N–H and O–H groups in total. The quantitative estimate of drug-likeness (QED) is 0.752. The Labute approximate surface area is 131 Å². The minimum Gasteiger partial charge on any atom is -0.319 e. The minimum absolute atomic E-state index is 0.980. The van der Waals surface area contributed by atoms with E-state index in [1.165, 1.54) is 15.8 Å². The molecule has 0 amide bonds. The van der Waals surface area contributed by atoms with Gasteiger partial charge in [0.15, 0.2) is 0 Å². The van der Waals surface area contributed by atoms with Gasteiger partial charge in [0.2, 0.25) is 0 Å². The molecule has 2 nitrogen and oxygen atoms in total. The average Bonchev–Trinajstić information content (AvgIpc) is 2.88. The van der Waals surface area contributed by atoms with E-state index in [4.69, 9.17) is 4.98 Å². The van der Waals surface area contributed by atoms with Gasteiger partial charge < -0.3 is 5.32 Å². The maximum Gasteiger partial charge on any atom is 0.124 e. The van der Waals surface area contributed by atoms with Crippen molar-refractivity contribution in [2.24, 2.45) is 0 Å². The molecule has 2 aromatic carbocycles. The Morgan fingerprint density at radius 2 is 2.05 bits per heavy atom. The molecule has 0 spiro atoms. The molecule has 1 heterocycles. The Balaban J connectivity index is 2.06. The molecule has 4 heteroatoms. The van der Waals surface area contributed by atoms with E-state index in [-0.39, 0.29) is 0 Å². The van der Waals surface area contributed by atoms with E-state index in [0.29, 0.717) is 0 Å². The van der Waals surface area contributed by atoms with Crippen molar-refractivity contribution in [1.82, 2.24) is 10.3 Å². The van der Waals surface area contributed by atoms with Crippen molar-refractivity contribution in [3.05, 3.63) is 52.5 Å². The predicted molar refractivity (Wildman–Crippen MR) is 90.4 cm³/mol. The molecule has 0 aliphatic carbocycles. The van der Waals surface area contributed by atoms with E-state index < -0.39 is 0 Å². The molecule has 102 valence electrons. The Morgan fingerprint density at radius 1 is 1.20 bits per heavy atom. The number of halogens is 1. The number of nitrogens with zero attached hydrogens (tertiary/aromatic N) is 1. The monoisotopic (exact) mass is 346 g/mol. The van der Waals surface area contributed by atoms with Gasteiger partial charge in [-0.05, 0) is 43.8 Å². The third-order valence-corrected chi connectivity index (χ3v) is 4.79. The molecule has 0 aliphatic rings. The molecular formula is C16H15BrN2S. The lowest BCUT2D eigenvalue weighted by molar-refractivity contribution is 0.792. The first kappa shape index (κ1) is 13.7. The Morgan fingerprint density at radius 3 is 2.90 bits per heavy atom. The first-order valence-corrected chi connectivity index (χ1v) is 8.18. The van der Waals surface area contributed by atoms with Crippen LogP contribution in [0.25, 0.3) is 20.8 Å². The number of aromatic nitrogens is 1. The van der Waals surface area contributed by atoms with Gasteiger partial charge in [0.25, 0.3) is 0 Å². The van der Waals surface area contributed by atoms with E-state index in [0.717, 1.165) is 28.0 Å².